The van der Waals surface area contributed by atoms with E-state index in [1.165, 1.54) is 12.3 Å². The number of rotatable bonds is 1. The van der Waals surface area contributed by atoms with Gasteiger partial charge < -0.3 is 0 Å². The molecule has 1 aromatic heterocycles. The number of aryl methyl sites for hydroxylation is 1. The maximum absolute atomic E-state index is 13.7. The summed E-state index contributed by atoms with van der Waals surface area (Å²) in [5, 5.41) is 1.25. The highest BCUT2D eigenvalue weighted by Crippen LogP contribution is 2.28. The molecule has 1 nitrogen and oxygen atoms in total. The summed E-state index contributed by atoms with van der Waals surface area (Å²) in [6.07, 6.45) is 1.20. The van der Waals surface area contributed by atoms with Gasteiger partial charge in [-0.15, -0.1) is 0 Å². The first-order valence-corrected chi connectivity index (χ1v) is 5.96. The summed E-state index contributed by atoms with van der Waals surface area (Å²) in [7, 11) is 0. The maximum atomic E-state index is 13.7. The van der Waals surface area contributed by atoms with Crippen LogP contribution < -0.4 is 0 Å². The summed E-state index contributed by atoms with van der Waals surface area (Å²) in [5.74, 6) is -0.603. The first-order valence-electron chi connectivity index (χ1n) is 5.96. The summed E-state index contributed by atoms with van der Waals surface area (Å²) in [6.45, 7) is 1.70. The van der Waals surface area contributed by atoms with Gasteiger partial charge in [-0.3, -0.25) is 4.98 Å². The highest BCUT2D eigenvalue weighted by molar-refractivity contribution is 5.94. The Kier molecular flexibility index (Phi) is 2.75. The minimum Gasteiger partial charge on any atom is -0.253 e. The molecule has 0 aliphatic heterocycles. The monoisotopic (exact) mass is 255 g/mol. The molecule has 0 aliphatic rings. The highest BCUT2D eigenvalue weighted by atomic mass is 19.1. The standard InChI is InChI=1S/C16H11F2N/c1-10-8-11(6-7-14(10)17)16-13-5-3-2-4-12(13)15(18)9-19-16/h2-9H,1H3. The van der Waals surface area contributed by atoms with Crippen LogP contribution in [0, 0.1) is 18.6 Å². The lowest BCUT2D eigenvalue weighted by Gasteiger charge is -2.07. The van der Waals surface area contributed by atoms with Crippen LogP contribution in [0.5, 0.6) is 0 Å². The van der Waals surface area contributed by atoms with Gasteiger partial charge in [-0.25, -0.2) is 8.78 Å². The average molecular weight is 255 g/mol. The van der Waals surface area contributed by atoms with Gasteiger partial charge in [0.05, 0.1) is 11.9 Å². The lowest BCUT2D eigenvalue weighted by Crippen LogP contribution is -1.91. The number of pyridine rings is 1. The molecule has 0 radical (unpaired) electrons. The lowest BCUT2D eigenvalue weighted by atomic mass is 10.0. The predicted octanol–water partition coefficient (Wildman–Crippen LogP) is 4.49. The van der Waals surface area contributed by atoms with Gasteiger partial charge in [0.15, 0.2) is 0 Å². The van der Waals surface area contributed by atoms with E-state index in [2.05, 4.69) is 4.98 Å². The van der Waals surface area contributed by atoms with Crippen LogP contribution >= 0.6 is 0 Å². The molecule has 0 spiro atoms. The zero-order valence-electron chi connectivity index (χ0n) is 10.3. The van der Waals surface area contributed by atoms with Gasteiger partial charge in [-0.1, -0.05) is 24.3 Å². The van der Waals surface area contributed by atoms with E-state index >= 15 is 0 Å². The minimum atomic E-state index is -0.349. The van der Waals surface area contributed by atoms with Gasteiger partial charge in [-0.2, -0.15) is 0 Å². The Morgan fingerprint density at radius 1 is 0.895 bits per heavy atom. The van der Waals surface area contributed by atoms with Crippen LogP contribution in [0.15, 0.2) is 48.7 Å². The molecule has 0 bridgehead atoms. The first kappa shape index (κ1) is 11.8. The molecule has 3 heteroatoms. The van der Waals surface area contributed by atoms with Gasteiger partial charge in [0.25, 0.3) is 0 Å². The highest BCUT2D eigenvalue weighted by Gasteiger charge is 2.09. The van der Waals surface area contributed by atoms with E-state index in [1.807, 2.05) is 12.1 Å². The Hall–Kier alpha value is -2.29. The van der Waals surface area contributed by atoms with Crippen molar-refractivity contribution in [3.63, 3.8) is 0 Å². The third-order valence-electron chi connectivity index (χ3n) is 3.18. The van der Waals surface area contributed by atoms with E-state index in [1.54, 1.807) is 31.2 Å². The molecular formula is C16H11F2N. The smallest absolute Gasteiger partial charge is 0.149 e. The molecule has 0 unspecified atom stereocenters. The van der Waals surface area contributed by atoms with E-state index < -0.39 is 0 Å². The van der Waals surface area contributed by atoms with Crippen molar-refractivity contribution < 1.29 is 8.78 Å². The number of hydrogen-bond acceptors (Lipinski definition) is 1. The van der Waals surface area contributed by atoms with Crippen LogP contribution in [-0.2, 0) is 0 Å². The Morgan fingerprint density at radius 3 is 2.37 bits per heavy atom. The molecule has 0 saturated heterocycles. The van der Waals surface area contributed by atoms with Crippen LogP contribution in [-0.4, -0.2) is 4.98 Å². The normalized spacial score (nSPS) is 10.9. The van der Waals surface area contributed by atoms with E-state index in [4.69, 9.17) is 0 Å². The van der Waals surface area contributed by atoms with Crippen molar-refractivity contribution in [2.45, 2.75) is 6.92 Å². The summed E-state index contributed by atoms with van der Waals surface area (Å²) >= 11 is 0. The Morgan fingerprint density at radius 2 is 1.63 bits per heavy atom. The van der Waals surface area contributed by atoms with E-state index in [0.717, 1.165) is 10.9 Å². The third-order valence-corrected chi connectivity index (χ3v) is 3.18. The van der Waals surface area contributed by atoms with Crippen molar-refractivity contribution in [3.8, 4) is 11.3 Å². The number of halogens is 2. The molecule has 0 aliphatic carbocycles. The lowest BCUT2D eigenvalue weighted by molar-refractivity contribution is 0.618. The minimum absolute atomic E-state index is 0.254. The molecule has 0 saturated carbocycles. The fraction of sp³-hybridized carbons (Fsp3) is 0.0625. The average Bonchev–Trinajstić information content (AvgIpc) is 2.43. The van der Waals surface area contributed by atoms with Crippen molar-refractivity contribution in [2.75, 3.05) is 0 Å². The van der Waals surface area contributed by atoms with Crippen LogP contribution in [0.1, 0.15) is 5.56 Å². The molecular weight excluding hydrogens is 244 g/mol. The van der Waals surface area contributed by atoms with Crippen molar-refractivity contribution in [1.29, 1.82) is 0 Å². The zero-order chi connectivity index (χ0) is 13.4. The molecule has 1 heterocycles. The fourth-order valence-corrected chi connectivity index (χ4v) is 2.18. The first-order chi connectivity index (χ1) is 9.16. The molecule has 3 aromatic rings. The largest absolute Gasteiger partial charge is 0.253 e. The predicted molar refractivity (Wildman–Crippen MR) is 71.8 cm³/mol. The number of nitrogens with zero attached hydrogens (tertiary/aromatic N) is 1. The van der Waals surface area contributed by atoms with Crippen LogP contribution in [0.2, 0.25) is 0 Å². The van der Waals surface area contributed by atoms with Gasteiger partial charge in [0.1, 0.15) is 11.6 Å². The fourth-order valence-electron chi connectivity index (χ4n) is 2.18. The molecule has 0 fully saturated rings. The van der Waals surface area contributed by atoms with Crippen LogP contribution in [0.25, 0.3) is 22.0 Å². The quantitative estimate of drug-likeness (QED) is 0.624. The van der Waals surface area contributed by atoms with Gasteiger partial charge in [-0.05, 0) is 30.7 Å². The molecule has 3 rings (SSSR count). The topological polar surface area (TPSA) is 12.9 Å². The Labute approximate surface area is 109 Å². The van der Waals surface area contributed by atoms with Crippen molar-refractivity contribution >= 4 is 10.8 Å². The van der Waals surface area contributed by atoms with E-state index in [0.29, 0.717) is 16.6 Å². The van der Waals surface area contributed by atoms with Crippen LogP contribution in [0.4, 0.5) is 8.78 Å². The second-order valence-electron chi connectivity index (χ2n) is 4.46. The molecule has 19 heavy (non-hydrogen) atoms. The zero-order valence-corrected chi connectivity index (χ0v) is 10.3. The summed E-state index contributed by atoms with van der Waals surface area (Å²) in [5.41, 5.74) is 2.00. The Bertz CT molecular complexity index is 766. The number of fused-ring (bicyclic) bond motifs is 1. The van der Waals surface area contributed by atoms with Gasteiger partial charge >= 0.3 is 0 Å². The second kappa shape index (κ2) is 4.43. The van der Waals surface area contributed by atoms with Crippen LogP contribution in [0.3, 0.4) is 0 Å². The third kappa shape index (κ3) is 1.97. The second-order valence-corrected chi connectivity index (χ2v) is 4.46. The number of benzene rings is 2. The SMILES string of the molecule is Cc1cc(-c2ncc(F)c3ccccc23)ccc1F. The molecule has 0 amide bonds. The van der Waals surface area contributed by atoms with Crippen molar-refractivity contribution in [3.05, 3.63) is 65.9 Å². The molecule has 2 aromatic carbocycles. The van der Waals surface area contributed by atoms with Crippen molar-refractivity contribution in [1.82, 2.24) is 4.98 Å². The molecule has 0 atom stereocenters. The van der Waals surface area contributed by atoms with E-state index in [-0.39, 0.29) is 11.6 Å². The summed E-state index contributed by atoms with van der Waals surface area (Å²) in [6, 6.07) is 11.9. The van der Waals surface area contributed by atoms with Gasteiger partial charge in [0.2, 0.25) is 0 Å². The number of hydrogen-bond donors (Lipinski definition) is 0. The number of aromatic nitrogens is 1. The summed E-state index contributed by atoms with van der Waals surface area (Å²) in [4.78, 5) is 4.15. The van der Waals surface area contributed by atoms with E-state index in [9.17, 15) is 8.78 Å². The molecule has 0 N–H and O–H groups in total. The maximum Gasteiger partial charge on any atom is 0.149 e. The summed E-state index contributed by atoms with van der Waals surface area (Å²) < 4.78 is 27.0. The Balaban J connectivity index is 2.31. The molecule has 94 valence electrons. The van der Waals surface area contributed by atoms with Crippen molar-refractivity contribution in [2.24, 2.45) is 0 Å². The van der Waals surface area contributed by atoms with Gasteiger partial charge in [0, 0.05) is 16.3 Å².